The Balaban J connectivity index is 1.92. The van der Waals surface area contributed by atoms with Gasteiger partial charge in [-0.25, -0.2) is 9.97 Å². The van der Waals surface area contributed by atoms with E-state index in [2.05, 4.69) is 73.6 Å². The van der Waals surface area contributed by atoms with Crippen LogP contribution in [0.15, 0.2) is 53.1 Å². The van der Waals surface area contributed by atoms with Gasteiger partial charge >= 0.3 is 0 Å². The van der Waals surface area contributed by atoms with E-state index in [0.717, 1.165) is 44.3 Å². The predicted molar refractivity (Wildman–Crippen MR) is 110 cm³/mol. The number of aromatic nitrogens is 3. The summed E-state index contributed by atoms with van der Waals surface area (Å²) in [6, 6.07) is 15.0. The highest BCUT2D eigenvalue weighted by Crippen LogP contribution is 2.38. The maximum atomic E-state index is 6.24. The molecule has 5 rings (SSSR count). The van der Waals surface area contributed by atoms with Crippen LogP contribution in [0, 0.1) is 13.8 Å². The summed E-state index contributed by atoms with van der Waals surface area (Å²) in [5.74, 6) is 0.937. The third kappa shape index (κ3) is 2.29. The summed E-state index contributed by atoms with van der Waals surface area (Å²) in [7, 11) is 0. The van der Waals surface area contributed by atoms with Gasteiger partial charge in [0.25, 0.3) is 0 Å². The van der Waals surface area contributed by atoms with Crippen LogP contribution in [0.2, 0.25) is 0 Å². The normalized spacial score (nSPS) is 12.0. The summed E-state index contributed by atoms with van der Waals surface area (Å²) in [4.78, 5) is 9.45. The lowest BCUT2D eigenvalue weighted by Gasteiger charge is -2.13. The molecule has 5 aromatic rings. The Morgan fingerprint density at radius 2 is 1.85 bits per heavy atom. The third-order valence-corrected chi connectivity index (χ3v) is 5.18. The number of aryl methyl sites for hydroxylation is 2. The van der Waals surface area contributed by atoms with Crippen molar-refractivity contribution < 1.29 is 4.42 Å². The van der Waals surface area contributed by atoms with Gasteiger partial charge in [0.05, 0.1) is 16.6 Å². The van der Waals surface area contributed by atoms with Crippen LogP contribution in [0.1, 0.15) is 31.0 Å². The van der Waals surface area contributed by atoms with Gasteiger partial charge in [0.1, 0.15) is 11.4 Å². The maximum absolute atomic E-state index is 6.24. The lowest BCUT2D eigenvalue weighted by Crippen LogP contribution is -2.03. The molecule has 0 radical (unpaired) electrons. The molecule has 134 valence electrons. The Hall–Kier alpha value is -3.14. The minimum absolute atomic E-state index is 0.286. The van der Waals surface area contributed by atoms with E-state index in [1.54, 1.807) is 0 Å². The van der Waals surface area contributed by atoms with Gasteiger partial charge < -0.3 is 8.98 Å². The molecule has 0 aliphatic rings. The first-order valence-electron chi connectivity index (χ1n) is 9.30. The quantitative estimate of drug-likeness (QED) is 0.379. The monoisotopic (exact) mass is 355 g/mol. The van der Waals surface area contributed by atoms with Crippen LogP contribution < -0.4 is 0 Å². The van der Waals surface area contributed by atoms with E-state index in [9.17, 15) is 0 Å². The number of hydrogen-bond donors (Lipinski definition) is 0. The van der Waals surface area contributed by atoms with Crippen LogP contribution in [-0.2, 0) is 0 Å². The molecule has 4 nitrogen and oxygen atoms in total. The first kappa shape index (κ1) is 16.1. The summed E-state index contributed by atoms with van der Waals surface area (Å²) in [5, 5.41) is 2.19. The topological polar surface area (TPSA) is 43.9 Å². The zero-order valence-corrected chi connectivity index (χ0v) is 15.9. The number of furan rings is 1. The first-order valence-corrected chi connectivity index (χ1v) is 9.30. The van der Waals surface area contributed by atoms with Crippen molar-refractivity contribution in [1.82, 2.24) is 14.5 Å². The van der Waals surface area contributed by atoms with E-state index in [-0.39, 0.29) is 6.04 Å². The van der Waals surface area contributed by atoms with E-state index in [1.807, 2.05) is 12.3 Å². The fourth-order valence-corrected chi connectivity index (χ4v) is 3.97. The Labute approximate surface area is 157 Å². The number of rotatable bonds is 2. The SMILES string of the molecule is Cc1cnc2oc3c(-c4nc5ccccc5n4C(C)C)ccc(C)c3c2c1. The fraction of sp³-hybridized carbons (Fsp3) is 0.217. The standard InChI is InChI=1S/C23H21N3O/c1-13(2)26-19-8-6-5-7-18(19)25-22(26)16-10-9-15(4)20-17-11-14(3)12-24-23(17)27-21(16)20/h5-13H,1-4H3. The fourth-order valence-electron chi connectivity index (χ4n) is 3.97. The van der Waals surface area contributed by atoms with E-state index in [1.165, 1.54) is 5.56 Å². The third-order valence-electron chi connectivity index (χ3n) is 5.18. The molecular formula is C23H21N3O. The molecule has 0 N–H and O–H groups in total. The molecule has 0 spiro atoms. The summed E-state index contributed by atoms with van der Waals surface area (Å²) < 4.78 is 8.52. The minimum Gasteiger partial charge on any atom is -0.437 e. The van der Waals surface area contributed by atoms with E-state index >= 15 is 0 Å². The van der Waals surface area contributed by atoms with E-state index in [4.69, 9.17) is 9.40 Å². The molecule has 4 heteroatoms. The van der Waals surface area contributed by atoms with Crippen LogP contribution in [0.4, 0.5) is 0 Å². The number of hydrogen-bond acceptors (Lipinski definition) is 3. The molecule has 27 heavy (non-hydrogen) atoms. The van der Waals surface area contributed by atoms with Crippen LogP contribution in [0.5, 0.6) is 0 Å². The molecule has 0 saturated carbocycles. The van der Waals surface area contributed by atoms with Gasteiger partial charge in [-0.1, -0.05) is 18.2 Å². The zero-order valence-electron chi connectivity index (χ0n) is 15.9. The van der Waals surface area contributed by atoms with Crippen molar-refractivity contribution in [3.8, 4) is 11.4 Å². The second-order valence-corrected chi connectivity index (χ2v) is 7.49. The second kappa shape index (κ2) is 5.68. The molecule has 0 aliphatic carbocycles. The number of nitrogens with zero attached hydrogens (tertiary/aromatic N) is 3. The Morgan fingerprint density at radius 1 is 1.04 bits per heavy atom. The van der Waals surface area contributed by atoms with Gasteiger partial charge in [0, 0.05) is 23.0 Å². The Kier molecular flexibility index (Phi) is 3.38. The van der Waals surface area contributed by atoms with Gasteiger partial charge in [0.2, 0.25) is 5.71 Å². The van der Waals surface area contributed by atoms with Crippen LogP contribution >= 0.6 is 0 Å². The van der Waals surface area contributed by atoms with E-state index < -0.39 is 0 Å². The highest BCUT2D eigenvalue weighted by Gasteiger charge is 2.21. The Morgan fingerprint density at radius 3 is 2.67 bits per heavy atom. The van der Waals surface area contributed by atoms with Crippen LogP contribution in [0.25, 0.3) is 44.5 Å². The van der Waals surface area contributed by atoms with Crippen LogP contribution in [0.3, 0.4) is 0 Å². The van der Waals surface area contributed by atoms with Gasteiger partial charge in [-0.05, 0) is 63.1 Å². The molecule has 3 aromatic heterocycles. The van der Waals surface area contributed by atoms with Crippen molar-refractivity contribution in [2.45, 2.75) is 33.7 Å². The number of fused-ring (bicyclic) bond motifs is 4. The van der Waals surface area contributed by atoms with Crippen molar-refractivity contribution in [1.29, 1.82) is 0 Å². The zero-order chi connectivity index (χ0) is 18.7. The van der Waals surface area contributed by atoms with Crippen molar-refractivity contribution in [3.05, 3.63) is 59.8 Å². The lowest BCUT2D eigenvalue weighted by molar-refractivity contribution is 0.621. The summed E-state index contributed by atoms with van der Waals surface area (Å²) >= 11 is 0. The van der Waals surface area contributed by atoms with Crippen molar-refractivity contribution in [2.75, 3.05) is 0 Å². The largest absolute Gasteiger partial charge is 0.437 e. The van der Waals surface area contributed by atoms with Gasteiger partial charge in [-0.2, -0.15) is 0 Å². The van der Waals surface area contributed by atoms with Crippen LogP contribution in [-0.4, -0.2) is 14.5 Å². The molecule has 2 aromatic carbocycles. The average molecular weight is 355 g/mol. The molecule has 3 heterocycles. The molecule has 0 bridgehead atoms. The first-order chi connectivity index (χ1) is 13.0. The van der Waals surface area contributed by atoms with E-state index in [0.29, 0.717) is 5.71 Å². The number of pyridine rings is 1. The summed E-state index contributed by atoms with van der Waals surface area (Å²) in [5.41, 5.74) is 7.01. The number of benzene rings is 2. The second-order valence-electron chi connectivity index (χ2n) is 7.49. The molecule has 0 aliphatic heterocycles. The lowest BCUT2D eigenvalue weighted by atomic mass is 10.0. The van der Waals surface area contributed by atoms with Crippen molar-refractivity contribution >= 4 is 33.1 Å². The molecular weight excluding hydrogens is 334 g/mol. The minimum atomic E-state index is 0.286. The summed E-state index contributed by atoms with van der Waals surface area (Å²) in [6.07, 6.45) is 1.85. The van der Waals surface area contributed by atoms with Gasteiger partial charge in [0.15, 0.2) is 0 Å². The highest BCUT2D eigenvalue weighted by atomic mass is 16.3. The molecule has 0 atom stereocenters. The van der Waals surface area contributed by atoms with Crippen molar-refractivity contribution in [3.63, 3.8) is 0 Å². The highest BCUT2D eigenvalue weighted by molar-refractivity contribution is 6.10. The smallest absolute Gasteiger partial charge is 0.227 e. The van der Waals surface area contributed by atoms with Gasteiger partial charge in [-0.15, -0.1) is 0 Å². The Bertz CT molecular complexity index is 1320. The molecule has 0 saturated heterocycles. The molecule has 0 amide bonds. The molecule has 0 unspecified atom stereocenters. The average Bonchev–Trinajstić information content (AvgIpc) is 3.20. The molecule has 0 fully saturated rings. The summed E-state index contributed by atoms with van der Waals surface area (Å²) in [6.45, 7) is 8.55. The maximum Gasteiger partial charge on any atom is 0.227 e. The van der Waals surface area contributed by atoms with Gasteiger partial charge in [-0.3, -0.25) is 0 Å². The number of para-hydroxylation sites is 2. The van der Waals surface area contributed by atoms with Crippen molar-refractivity contribution in [2.24, 2.45) is 0 Å². The predicted octanol–water partition coefficient (Wildman–Crippen LogP) is 6.20. The number of imidazole rings is 1.